The maximum absolute atomic E-state index is 11.8. The maximum atomic E-state index is 11.8. The lowest BCUT2D eigenvalue weighted by Crippen LogP contribution is -2.20. The molecule has 0 atom stereocenters. The molecule has 0 aliphatic carbocycles. The quantitative estimate of drug-likeness (QED) is 0.823. The lowest BCUT2D eigenvalue weighted by atomic mass is 10.2. The molecule has 2 heterocycles. The van der Waals surface area contributed by atoms with Gasteiger partial charge in [0.05, 0.1) is 11.9 Å². The summed E-state index contributed by atoms with van der Waals surface area (Å²) in [7, 11) is 0. The van der Waals surface area contributed by atoms with Gasteiger partial charge < -0.3 is 10.3 Å². The second-order valence-corrected chi connectivity index (χ2v) is 3.46. The predicted octanol–water partition coefficient (Wildman–Crippen LogP) is 0.844. The molecular formula is C11H12N4O2. The average Bonchev–Trinajstić information content (AvgIpc) is 2.77. The Bertz CT molecular complexity index is 585. The lowest BCUT2D eigenvalue weighted by Gasteiger charge is -2.00. The minimum Gasteiger partial charge on any atom is -0.367 e. The first-order chi connectivity index (χ1) is 8.20. The molecule has 2 aromatic heterocycles. The van der Waals surface area contributed by atoms with Gasteiger partial charge in [-0.3, -0.25) is 14.3 Å². The molecule has 0 fully saturated rings. The predicted molar refractivity (Wildman–Crippen MR) is 62.9 cm³/mol. The van der Waals surface area contributed by atoms with Crippen LogP contribution in [-0.4, -0.2) is 20.7 Å². The Hall–Kier alpha value is -2.37. The van der Waals surface area contributed by atoms with Gasteiger partial charge >= 0.3 is 0 Å². The first kappa shape index (κ1) is 11.1. The molecule has 2 N–H and O–H groups in total. The van der Waals surface area contributed by atoms with Crippen LogP contribution in [0.4, 0.5) is 5.69 Å². The molecule has 88 valence electrons. The Kier molecular flexibility index (Phi) is 3.04. The first-order valence-corrected chi connectivity index (χ1v) is 5.21. The van der Waals surface area contributed by atoms with Gasteiger partial charge in [0.25, 0.3) is 5.91 Å². The summed E-state index contributed by atoms with van der Waals surface area (Å²) < 4.78 is 1.69. The van der Waals surface area contributed by atoms with Crippen molar-refractivity contribution in [1.82, 2.24) is 14.8 Å². The molecule has 6 nitrogen and oxygen atoms in total. The van der Waals surface area contributed by atoms with Gasteiger partial charge in [-0.2, -0.15) is 5.10 Å². The van der Waals surface area contributed by atoms with E-state index in [1.54, 1.807) is 17.1 Å². The van der Waals surface area contributed by atoms with E-state index in [-0.39, 0.29) is 11.0 Å². The summed E-state index contributed by atoms with van der Waals surface area (Å²) in [6.45, 7) is 2.67. The molecule has 6 heteroatoms. The Morgan fingerprint density at radius 3 is 3.06 bits per heavy atom. The number of aromatic amines is 1. The number of amides is 1. The molecule has 0 saturated carbocycles. The van der Waals surface area contributed by atoms with E-state index in [1.807, 2.05) is 6.92 Å². The summed E-state index contributed by atoms with van der Waals surface area (Å²) in [6.07, 6.45) is 6.10. The Morgan fingerprint density at radius 2 is 2.41 bits per heavy atom. The molecule has 17 heavy (non-hydrogen) atoms. The van der Waals surface area contributed by atoms with Crippen LogP contribution < -0.4 is 10.7 Å². The van der Waals surface area contributed by atoms with Crippen molar-refractivity contribution in [3.05, 3.63) is 46.6 Å². The second-order valence-electron chi connectivity index (χ2n) is 3.46. The van der Waals surface area contributed by atoms with Crippen LogP contribution in [0.5, 0.6) is 0 Å². The number of nitrogens with zero attached hydrogens (tertiary/aromatic N) is 2. The van der Waals surface area contributed by atoms with E-state index in [0.29, 0.717) is 5.69 Å². The van der Waals surface area contributed by atoms with Gasteiger partial charge in [0.15, 0.2) is 5.43 Å². The molecule has 1 amide bonds. The van der Waals surface area contributed by atoms with Crippen LogP contribution >= 0.6 is 0 Å². The zero-order valence-corrected chi connectivity index (χ0v) is 9.30. The summed E-state index contributed by atoms with van der Waals surface area (Å²) in [5, 5.41) is 6.63. The van der Waals surface area contributed by atoms with Crippen molar-refractivity contribution in [2.75, 3.05) is 5.32 Å². The third-order valence-corrected chi connectivity index (χ3v) is 2.28. The summed E-state index contributed by atoms with van der Waals surface area (Å²) in [6, 6.07) is 1.31. The van der Waals surface area contributed by atoms with Crippen LogP contribution in [0, 0.1) is 0 Å². The minimum absolute atomic E-state index is 0.0803. The zero-order valence-electron chi connectivity index (χ0n) is 9.30. The van der Waals surface area contributed by atoms with Gasteiger partial charge in [0.1, 0.15) is 5.56 Å². The molecule has 0 spiro atoms. The molecule has 0 unspecified atom stereocenters. The number of rotatable bonds is 3. The van der Waals surface area contributed by atoms with Crippen molar-refractivity contribution in [1.29, 1.82) is 0 Å². The van der Waals surface area contributed by atoms with Gasteiger partial charge in [-0.05, 0) is 6.92 Å². The number of hydrogen-bond acceptors (Lipinski definition) is 3. The molecular weight excluding hydrogens is 220 g/mol. The number of nitrogens with one attached hydrogen (secondary N) is 2. The molecule has 0 aromatic carbocycles. The minimum atomic E-state index is -0.442. The first-order valence-electron chi connectivity index (χ1n) is 5.21. The Labute approximate surface area is 97.3 Å². The molecule has 2 aromatic rings. The summed E-state index contributed by atoms with van der Waals surface area (Å²) in [5.41, 5.74) is 0.334. The summed E-state index contributed by atoms with van der Waals surface area (Å²) >= 11 is 0. The highest BCUT2D eigenvalue weighted by atomic mass is 16.2. The average molecular weight is 232 g/mol. The van der Waals surface area contributed by atoms with E-state index in [0.717, 1.165) is 6.54 Å². The highest BCUT2D eigenvalue weighted by molar-refractivity contribution is 6.03. The molecule has 0 aliphatic heterocycles. The standard InChI is InChI=1S/C11H12N4O2/c1-2-15-7-8(5-13-15)14-11(17)9-6-12-4-3-10(9)16/h3-7H,2H2,1H3,(H,12,16)(H,14,17). The van der Waals surface area contributed by atoms with Crippen molar-refractivity contribution in [3.8, 4) is 0 Å². The zero-order chi connectivity index (χ0) is 12.3. The number of pyridine rings is 1. The molecule has 0 saturated heterocycles. The van der Waals surface area contributed by atoms with E-state index in [4.69, 9.17) is 0 Å². The van der Waals surface area contributed by atoms with Crippen LogP contribution in [0.1, 0.15) is 17.3 Å². The Balaban J connectivity index is 2.17. The molecule has 0 radical (unpaired) electrons. The fraction of sp³-hybridized carbons (Fsp3) is 0.182. The van der Waals surface area contributed by atoms with E-state index in [9.17, 15) is 9.59 Å². The van der Waals surface area contributed by atoms with Gasteiger partial charge in [0, 0.05) is 31.2 Å². The van der Waals surface area contributed by atoms with E-state index in [1.165, 1.54) is 18.5 Å². The van der Waals surface area contributed by atoms with E-state index in [2.05, 4.69) is 15.4 Å². The number of carbonyl (C=O) groups is 1. The maximum Gasteiger partial charge on any atom is 0.261 e. The lowest BCUT2D eigenvalue weighted by molar-refractivity contribution is 0.102. The van der Waals surface area contributed by atoms with Crippen LogP contribution in [0.2, 0.25) is 0 Å². The highest BCUT2D eigenvalue weighted by Gasteiger charge is 2.10. The van der Waals surface area contributed by atoms with Crippen LogP contribution in [0.3, 0.4) is 0 Å². The van der Waals surface area contributed by atoms with Crippen molar-refractivity contribution in [2.24, 2.45) is 0 Å². The summed E-state index contributed by atoms with van der Waals surface area (Å²) in [4.78, 5) is 25.9. The monoisotopic (exact) mass is 232 g/mol. The third kappa shape index (κ3) is 2.41. The fourth-order valence-corrected chi connectivity index (χ4v) is 1.39. The number of H-pyrrole nitrogens is 1. The molecule has 0 bridgehead atoms. The SMILES string of the molecule is CCn1cc(NC(=O)c2c[nH]ccc2=O)cn1. The number of hydrogen-bond donors (Lipinski definition) is 2. The number of aromatic nitrogens is 3. The van der Waals surface area contributed by atoms with E-state index >= 15 is 0 Å². The largest absolute Gasteiger partial charge is 0.367 e. The smallest absolute Gasteiger partial charge is 0.261 e. The highest BCUT2D eigenvalue weighted by Crippen LogP contribution is 2.05. The number of aryl methyl sites for hydroxylation is 1. The molecule has 0 aliphatic rings. The van der Waals surface area contributed by atoms with Gasteiger partial charge in [-0.25, -0.2) is 0 Å². The van der Waals surface area contributed by atoms with Gasteiger partial charge in [0.2, 0.25) is 0 Å². The topological polar surface area (TPSA) is 79.8 Å². The van der Waals surface area contributed by atoms with Gasteiger partial charge in [-0.1, -0.05) is 0 Å². The number of anilines is 1. The second kappa shape index (κ2) is 4.65. The van der Waals surface area contributed by atoms with Gasteiger partial charge in [-0.15, -0.1) is 0 Å². The van der Waals surface area contributed by atoms with E-state index < -0.39 is 5.91 Å². The fourth-order valence-electron chi connectivity index (χ4n) is 1.39. The molecule has 2 rings (SSSR count). The Morgan fingerprint density at radius 1 is 1.59 bits per heavy atom. The van der Waals surface area contributed by atoms with Crippen molar-refractivity contribution in [2.45, 2.75) is 13.5 Å². The number of carbonyl (C=O) groups excluding carboxylic acids is 1. The van der Waals surface area contributed by atoms with Crippen molar-refractivity contribution in [3.63, 3.8) is 0 Å². The summed E-state index contributed by atoms with van der Waals surface area (Å²) in [5.74, 6) is -0.442. The normalized spacial score (nSPS) is 10.2. The van der Waals surface area contributed by atoms with Crippen LogP contribution in [0.15, 0.2) is 35.6 Å². The van der Waals surface area contributed by atoms with Crippen molar-refractivity contribution >= 4 is 11.6 Å². The van der Waals surface area contributed by atoms with Crippen LogP contribution in [-0.2, 0) is 6.54 Å². The van der Waals surface area contributed by atoms with Crippen LogP contribution in [0.25, 0.3) is 0 Å². The third-order valence-electron chi connectivity index (χ3n) is 2.28. The van der Waals surface area contributed by atoms with Crippen molar-refractivity contribution < 1.29 is 4.79 Å².